The van der Waals surface area contributed by atoms with Gasteiger partial charge in [0.1, 0.15) is 0 Å². The first-order chi connectivity index (χ1) is 5.24. The van der Waals surface area contributed by atoms with Gasteiger partial charge in [-0.05, 0) is 6.92 Å². The Kier molecular flexibility index (Phi) is 2.59. The van der Waals surface area contributed by atoms with E-state index in [0.717, 1.165) is 37.8 Å². The lowest BCUT2D eigenvalue weighted by Gasteiger charge is -2.07. The van der Waals surface area contributed by atoms with Gasteiger partial charge in [0.05, 0.1) is 18.0 Å². The van der Waals surface area contributed by atoms with Crippen molar-refractivity contribution in [2.45, 2.75) is 19.8 Å². The Labute approximate surface area is 65.6 Å². The molecule has 0 radical (unpaired) electrons. The van der Waals surface area contributed by atoms with Crippen LogP contribution in [0.4, 0.5) is 0 Å². The highest BCUT2D eigenvalue weighted by molar-refractivity contribution is 4.87. The molecule has 1 aliphatic rings. The maximum absolute atomic E-state index is 10.1. The normalized spacial score (nSPS) is 27.7. The predicted molar refractivity (Wildman–Crippen MR) is 40.7 cm³/mol. The Morgan fingerprint density at radius 3 is 3.09 bits per heavy atom. The van der Waals surface area contributed by atoms with Gasteiger partial charge in [-0.3, -0.25) is 10.1 Å². The summed E-state index contributed by atoms with van der Waals surface area (Å²) in [6, 6.07) is 0. The molecule has 4 heteroatoms. The molecule has 1 rings (SSSR count). The van der Waals surface area contributed by atoms with Crippen LogP contribution in [0.25, 0.3) is 0 Å². The van der Waals surface area contributed by atoms with Crippen molar-refractivity contribution in [3.63, 3.8) is 0 Å². The van der Waals surface area contributed by atoms with Gasteiger partial charge in [-0.1, -0.05) is 0 Å². The lowest BCUT2D eigenvalue weighted by Crippen LogP contribution is -3.07. The zero-order chi connectivity index (χ0) is 8.27. The number of likely N-dealkylation sites (tertiary alicyclic amines) is 1. The van der Waals surface area contributed by atoms with Crippen LogP contribution in [-0.2, 0) is 0 Å². The monoisotopic (exact) mass is 157 g/mol. The molecule has 1 fully saturated rings. The van der Waals surface area contributed by atoms with Crippen LogP contribution < -0.4 is 4.90 Å². The first kappa shape index (κ1) is 8.20. The summed E-state index contributed by atoms with van der Waals surface area (Å²) < 4.78 is 0. The summed E-state index contributed by atoms with van der Waals surface area (Å²) in [6.07, 6.45) is 3.14. The highest BCUT2D eigenvalue weighted by Crippen LogP contribution is 2.02. The third kappa shape index (κ3) is 2.01. The molecule has 0 aliphatic carbocycles. The van der Waals surface area contributed by atoms with Gasteiger partial charge in [-0.25, -0.2) is 0 Å². The van der Waals surface area contributed by atoms with Crippen molar-refractivity contribution in [1.82, 2.24) is 0 Å². The van der Waals surface area contributed by atoms with Crippen molar-refractivity contribution in [2.24, 2.45) is 0 Å². The van der Waals surface area contributed by atoms with E-state index in [1.165, 1.54) is 4.90 Å². The summed E-state index contributed by atoms with van der Waals surface area (Å²) in [4.78, 5) is 11.0. The third-order valence-electron chi connectivity index (χ3n) is 2.07. The van der Waals surface area contributed by atoms with Gasteiger partial charge in [0.2, 0.25) is 0 Å². The predicted octanol–water partition coefficient (Wildman–Crippen LogP) is -0.197. The molecule has 1 heterocycles. The minimum absolute atomic E-state index is 0.351. The lowest BCUT2D eigenvalue weighted by atomic mass is 10.3. The first-order valence-corrected chi connectivity index (χ1v) is 3.93. The Bertz CT molecular complexity index is 189. The maximum Gasteiger partial charge on any atom is 0.290 e. The molecule has 1 aliphatic heterocycles. The summed E-state index contributed by atoms with van der Waals surface area (Å²) in [5, 5.41) is 10.1. The van der Waals surface area contributed by atoms with Gasteiger partial charge in [-0.2, -0.15) is 0 Å². The van der Waals surface area contributed by atoms with E-state index in [9.17, 15) is 10.1 Å². The Balaban J connectivity index is 2.63. The summed E-state index contributed by atoms with van der Waals surface area (Å²) in [5.41, 5.74) is 0.956. The van der Waals surface area contributed by atoms with Crippen LogP contribution in [0.3, 0.4) is 0 Å². The van der Waals surface area contributed by atoms with Gasteiger partial charge in [0, 0.05) is 12.8 Å². The molecule has 0 aromatic heterocycles. The standard InChI is InChI=1S/C7H12N2O2/c1-2-8-5-3-4-7(8)6-9(10)11/h6H,2-5H2,1H3/p+1/b7-6+. The average Bonchev–Trinajstić information content (AvgIpc) is 2.34. The van der Waals surface area contributed by atoms with Crippen molar-refractivity contribution in [1.29, 1.82) is 0 Å². The quantitative estimate of drug-likeness (QED) is 0.446. The molecular formula is C7H13N2O2+. The van der Waals surface area contributed by atoms with Gasteiger partial charge in [0.25, 0.3) is 6.20 Å². The van der Waals surface area contributed by atoms with Crippen molar-refractivity contribution in [3.05, 3.63) is 22.0 Å². The summed E-state index contributed by atoms with van der Waals surface area (Å²) in [6.45, 7) is 4.06. The molecule has 1 unspecified atom stereocenters. The molecule has 0 spiro atoms. The van der Waals surface area contributed by atoms with Crippen LogP contribution in [-0.4, -0.2) is 18.0 Å². The fourth-order valence-electron chi connectivity index (χ4n) is 1.52. The summed E-state index contributed by atoms with van der Waals surface area (Å²) in [5.74, 6) is 0. The van der Waals surface area contributed by atoms with E-state index in [2.05, 4.69) is 6.92 Å². The Morgan fingerprint density at radius 2 is 2.55 bits per heavy atom. The molecule has 1 N–H and O–H groups in total. The Hall–Kier alpha value is -0.900. The number of allylic oxidation sites excluding steroid dienone is 1. The number of nitrogens with zero attached hydrogens (tertiary/aromatic N) is 1. The molecule has 1 saturated heterocycles. The molecule has 1 atom stereocenters. The maximum atomic E-state index is 10.1. The molecule has 0 aromatic carbocycles. The van der Waals surface area contributed by atoms with E-state index in [4.69, 9.17) is 0 Å². The minimum atomic E-state index is -0.351. The zero-order valence-electron chi connectivity index (χ0n) is 6.67. The molecule has 11 heavy (non-hydrogen) atoms. The van der Waals surface area contributed by atoms with E-state index >= 15 is 0 Å². The molecule has 0 aromatic rings. The number of nitrogens with one attached hydrogen (secondary N) is 1. The fourth-order valence-corrected chi connectivity index (χ4v) is 1.52. The molecule has 62 valence electrons. The largest absolute Gasteiger partial charge is 0.301 e. The van der Waals surface area contributed by atoms with Crippen molar-refractivity contribution < 1.29 is 9.82 Å². The number of quaternary nitrogens is 1. The van der Waals surface area contributed by atoms with Gasteiger partial charge < -0.3 is 4.90 Å². The molecule has 0 amide bonds. The second-order valence-corrected chi connectivity index (χ2v) is 2.75. The van der Waals surface area contributed by atoms with E-state index < -0.39 is 0 Å². The highest BCUT2D eigenvalue weighted by atomic mass is 16.6. The minimum Gasteiger partial charge on any atom is -0.301 e. The summed E-state index contributed by atoms with van der Waals surface area (Å²) >= 11 is 0. The average molecular weight is 157 g/mol. The first-order valence-electron chi connectivity index (χ1n) is 3.93. The topological polar surface area (TPSA) is 47.6 Å². The molecule has 4 nitrogen and oxygen atoms in total. The second-order valence-electron chi connectivity index (χ2n) is 2.75. The van der Waals surface area contributed by atoms with Gasteiger partial charge in [-0.15, -0.1) is 0 Å². The highest BCUT2D eigenvalue weighted by Gasteiger charge is 2.23. The van der Waals surface area contributed by atoms with Crippen molar-refractivity contribution >= 4 is 0 Å². The lowest BCUT2D eigenvalue weighted by molar-refractivity contribution is -0.850. The van der Waals surface area contributed by atoms with Gasteiger partial charge in [0.15, 0.2) is 5.70 Å². The van der Waals surface area contributed by atoms with Crippen LogP contribution >= 0.6 is 0 Å². The van der Waals surface area contributed by atoms with E-state index in [1.54, 1.807) is 0 Å². The summed E-state index contributed by atoms with van der Waals surface area (Å²) in [7, 11) is 0. The van der Waals surface area contributed by atoms with Crippen LogP contribution in [0, 0.1) is 10.1 Å². The molecule has 0 saturated carbocycles. The second kappa shape index (κ2) is 3.48. The Morgan fingerprint density at radius 1 is 1.82 bits per heavy atom. The molecular weight excluding hydrogens is 144 g/mol. The van der Waals surface area contributed by atoms with Gasteiger partial charge >= 0.3 is 0 Å². The van der Waals surface area contributed by atoms with Crippen molar-refractivity contribution in [2.75, 3.05) is 13.1 Å². The SMILES string of the molecule is CC[NH+]1CCC/C1=C\[N+](=O)[O-]. The zero-order valence-corrected chi connectivity index (χ0v) is 6.67. The van der Waals surface area contributed by atoms with E-state index in [0.29, 0.717) is 0 Å². The van der Waals surface area contributed by atoms with E-state index in [-0.39, 0.29) is 4.92 Å². The van der Waals surface area contributed by atoms with Crippen LogP contribution in [0.5, 0.6) is 0 Å². The molecule has 0 bridgehead atoms. The third-order valence-corrected chi connectivity index (χ3v) is 2.07. The van der Waals surface area contributed by atoms with Crippen LogP contribution in [0.2, 0.25) is 0 Å². The van der Waals surface area contributed by atoms with E-state index in [1.807, 2.05) is 0 Å². The fraction of sp³-hybridized carbons (Fsp3) is 0.714. The van der Waals surface area contributed by atoms with Crippen LogP contribution in [0.1, 0.15) is 19.8 Å². The smallest absolute Gasteiger partial charge is 0.290 e. The van der Waals surface area contributed by atoms with Crippen LogP contribution in [0.15, 0.2) is 11.9 Å². The van der Waals surface area contributed by atoms with Crippen molar-refractivity contribution in [3.8, 4) is 0 Å². The number of rotatable bonds is 2. The number of hydrogen-bond acceptors (Lipinski definition) is 2. The number of nitro groups is 1. The number of hydrogen-bond donors (Lipinski definition) is 1.